The van der Waals surface area contributed by atoms with E-state index in [0.717, 1.165) is 6.04 Å². The molecule has 1 atom stereocenters. The minimum absolute atomic E-state index is 0.735. The van der Waals surface area contributed by atoms with E-state index in [-0.39, 0.29) is 0 Å². The Morgan fingerprint density at radius 1 is 0.789 bits per heavy atom. The Morgan fingerprint density at radius 3 is 1.84 bits per heavy atom. The first-order chi connectivity index (χ1) is 9.28. The van der Waals surface area contributed by atoms with Crippen LogP contribution in [0.15, 0.2) is 0 Å². The third-order valence-electron chi connectivity index (χ3n) is 3.86. The van der Waals surface area contributed by atoms with Gasteiger partial charge in [0.2, 0.25) is 0 Å². The maximum atomic E-state index is 3.66. The van der Waals surface area contributed by atoms with Crippen LogP contribution in [-0.2, 0) is 0 Å². The Hall–Kier alpha value is -0.0800. The van der Waals surface area contributed by atoms with Crippen molar-refractivity contribution >= 4 is 0 Å². The molecule has 0 radical (unpaired) electrons. The Labute approximate surface area is 122 Å². The highest BCUT2D eigenvalue weighted by molar-refractivity contribution is 4.66. The highest BCUT2D eigenvalue weighted by Crippen LogP contribution is 2.06. The summed E-state index contributed by atoms with van der Waals surface area (Å²) in [6, 6.07) is 0.735. The molecule has 0 saturated heterocycles. The predicted octanol–water partition coefficient (Wildman–Crippen LogP) is 4.45. The smallest absolute Gasteiger partial charge is 0.00649 e. The largest absolute Gasteiger partial charge is 0.314 e. The fourth-order valence-electron chi connectivity index (χ4n) is 2.46. The molecule has 0 fully saturated rings. The van der Waals surface area contributed by atoms with Crippen molar-refractivity contribution in [2.75, 3.05) is 26.2 Å². The summed E-state index contributed by atoms with van der Waals surface area (Å²) >= 11 is 0. The lowest BCUT2D eigenvalue weighted by molar-refractivity contribution is 0.254. The quantitative estimate of drug-likeness (QED) is 0.502. The normalized spacial score (nSPS) is 13.1. The van der Waals surface area contributed by atoms with Gasteiger partial charge < -0.3 is 10.2 Å². The van der Waals surface area contributed by atoms with Crippen molar-refractivity contribution in [3.63, 3.8) is 0 Å². The molecule has 0 bridgehead atoms. The van der Waals surface area contributed by atoms with Crippen LogP contribution in [0.3, 0.4) is 0 Å². The zero-order valence-corrected chi connectivity index (χ0v) is 14.0. The van der Waals surface area contributed by atoms with E-state index in [1.807, 2.05) is 0 Å². The number of nitrogens with one attached hydrogen (secondary N) is 1. The van der Waals surface area contributed by atoms with Crippen molar-refractivity contribution in [1.29, 1.82) is 0 Å². The van der Waals surface area contributed by atoms with E-state index < -0.39 is 0 Å². The number of rotatable bonds is 14. The second kappa shape index (κ2) is 14.3. The van der Waals surface area contributed by atoms with Gasteiger partial charge in [-0.15, -0.1) is 0 Å². The third-order valence-corrected chi connectivity index (χ3v) is 3.86. The minimum Gasteiger partial charge on any atom is -0.314 e. The number of hydrogen-bond donors (Lipinski definition) is 1. The molecule has 0 saturated carbocycles. The van der Waals surface area contributed by atoms with Crippen LogP contribution in [-0.4, -0.2) is 37.1 Å². The van der Waals surface area contributed by atoms with Crippen LogP contribution in [0.1, 0.15) is 79.1 Å². The highest BCUT2D eigenvalue weighted by Gasteiger charge is 2.07. The SMILES string of the molecule is CCCCN(CCCC)CCCC(CC)NCCC. The molecule has 1 N–H and O–H groups in total. The highest BCUT2D eigenvalue weighted by atomic mass is 15.1. The van der Waals surface area contributed by atoms with Gasteiger partial charge in [-0.3, -0.25) is 0 Å². The van der Waals surface area contributed by atoms with E-state index in [2.05, 4.69) is 37.9 Å². The average molecular weight is 271 g/mol. The molecule has 1 unspecified atom stereocenters. The Morgan fingerprint density at radius 2 is 1.37 bits per heavy atom. The van der Waals surface area contributed by atoms with E-state index >= 15 is 0 Å². The third kappa shape index (κ3) is 11.4. The first-order valence-corrected chi connectivity index (χ1v) is 8.74. The van der Waals surface area contributed by atoms with Gasteiger partial charge in [-0.25, -0.2) is 0 Å². The zero-order chi connectivity index (χ0) is 14.3. The van der Waals surface area contributed by atoms with Crippen molar-refractivity contribution in [3.05, 3.63) is 0 Å². The molecule has 2 nitrogen and oxygen atoms in total. The topological polar surface area (TPSA) is 15.3 Å². The molecule has 0 aliphatic carbocycles. The minimum atomic E-state index is 0.735. The molecule has 0 aromatic carbocycles. The summed E-state index contributed by atoms with van der Waals surface area (Å²) in [4.78, 5) is 2.68. The Kier molecular flexibility index (Phi) is 14.3. The molecule has 2 heteroatoms. The van der Waals surface area contributed by atoms with Gasteiger partial charge in [-0.2, -0.15) is 0 Å². The lowest BCUT2D eigenvalue weighted by Gasteiger charge is -2.23. The lowest BCUT2D eigenvalue weighted by atomic mass is 10.1. The molecule has 0 aliphatic rings. The van der Waals surface area contributed by atoms with Crippen LogP contribution in [0.5, 0.6) is 0 Å². The first-order valence-electron chi connectivity index (χ1n) is 8.74. The van der Waals surface area contributed by atoms with E-state index in [1.165, 1.54) is 77.5 Å². The lowest BCUT2D eigenvalue weighted by Crippen LogP contribution is -2.32. The molecular formula is C17H38N2. The fourth-order valence-corrected chi connectivity index (χ4v) is 2.46. The van der Waals surface area contributed by atoms with E-state index in [9.17, 15) is 0 Å². The second-order valence-corrected chi connectivity index (χ2v) is 5.75. The first kappa shape index (κ1) is 18.9. The van der Waals surface area contributed by atoms with E-state index in [1.54, 1.807) is 0 Å². The van der Waals surface area contributed by atoms with Crippen molar-refractivity contribution < 1.29 is 0 Å². The summed E-state index contributed by atoms with van der Waals surface area (Å²) in [6.07, 6.45) is 10.5. The molecular weight excluding hydrogens is 232 g/mol. The van der Waals surface area contributed by atoms with Gasteiger partial charge in [-0.05, 0) is 64.7 Å². The van der Waals surface area contributed by atoms with Gasteiger partial charge >= 0.3 is 0 Å². The molecule has 0 amide bonds. The predicted molar refractivity (Wildman–Crippen MR) is 87.9 cm³/mol. The average Bonchev–Trinajstić information content (AvgIpc) is 2.44. The van der Waals surface area contributed by atoms with Crippen molar-refractivity contribution in [2.45, 2.75) is 85.1 Å². The fraction of sp³-hybridized carbons (Fsp3) is 1.00. The van der Waals surface area contributed by atoms with Gasteiger partial charge in [0.25, 0.3) is 0 Å². The molecule has 0 heterocycles. The monoisotopic (exact) mass is 270 g/mol. The standard InChI is InChI=1S/C17H38N2/c1-5-9-14-19(15-10-6-2)16-11-12-17(8-4)18-13-7-3/h17-18H,5-16H2,1-4H3. The Balaban J connectivity index is 3.80. The van der Waals surface area contributed by atoms with Crippen LogP contribution < -0.4 is 5.32 Å². The van der Waals surface area contributed by atoms with Gasteiger partial charge in [0.1, 0.15) is 0 Å². The maximum Gasteiger partial charge on any atom is 0.00649 e. The molecule has 19 heavy (non-hydrogen) atoms. The number of hydrogen-bond acceptors (Lipinski definition) is 2. The van der Waals surface area contributed by atoms with Crippen LogP contribution in [0.2, 0.25) is 0 Å². The molecule has 116 valence electrons. The maximum absolute atomic E-state index is 3.66. The molecule has 0 aromatic rings. The van der Waals surface area contributed by atoms with Crippen molar-refractivity contribution in [3.8, 4) is 0 Å². The van der Waals surface area contributed by atoms with Crippen LogP contribution in [0.4, 0.5) is 0 Å². The summed E-state index contributed by atoms with van der Waals surface area (Å²) in [6.45, 7) is 14.2. The summed E-state index contributed by atoms with van der Waals surface area (Å²) in [5.74, 6) is 0. The van der Waals surface area contributed by atoms with Crippen LogP contribution >= 0.6 is 0 Å². The number of nitrogens with zero attached hydrogens (tertiary/aromatic N) is 1. The van der Waals surface area contributed by atoms with Crippen LogP contribution in [0.25, 0.3) is 0 Å². The van der Waals surface area contributed by atoms with Gasteiger partial charge in [0.05, 0.1) is 0 Å². The van der Waals surface area contributed by atoms with Gasteiger partial charge in [0, 0.05) is 6.04 Å². The Bertz CT molecular complexity index is 163. The molecule has 0 rings (SSSR count). The summed E-state index contributed by atoms with van der Waals surface area (Å²) in [5.41, 5.74) is 0. The number of unbranched alkanes of at least 4 members (excludes halogenated alkanes) is 2. The van der Waals surface area contributed by atoms with E-state index in [4.69, 9.17) is 0 Å². The zero-order valence-electron chi connectivity index (χ0n) is 14.0. The molecule has 0 spiro atoms. The van der Waals surface area contributed by atoms with Crippen molar-refractivity contribution in [1.82, 2.24) is 10.2 Å². The molecule has 0 aliphatic heterocycles. The summed E-state index contributed by atoms with van der Waals surface area (Å²) in [5, 5.41) is 3.66. The second-order valence-electron chi connectivity index (χ2n) is 5.75. The van der Waals surface area contributed by atoms with Gasteiger partial charge in [0.15, 0.2) is 0 Å². The summed E-state index contributed by atoms with van der Waals surface area (Å²) < 4.78 is 0. The summed E-state index contributed by atoms with van der Waals surface area (Å²) in [7, 11) is 0. The van der Waals surface area contributed by atoms with E-state index in [0.29, 0.717) is 0 Å². The van der Waals surface area contributed by atoms with Gasteiger partial charge in [-0.1, -0.05) is 40.5 Å². The molecule has 0 aromatic heterocycles. The van der Waals surface area contributed by atoms with Crippen molar-refractivity contribution in [2.24, 2.45) is 0 Å². The van der Waals surface area contributed by atoms with Crippen LogP contribution in [0, 0.1) is 0 Å².